The standard InChI is InChI=1S/C18H18Cl2FN3O2/c19-12-4-3-11(14(20)8-12)9-24-16(25)18(21)6-5-17(26,10-22)15-13(18)2-1-7-23-15/h1-4,7-8,26H,5-6,9-10,22H2,(H,24,25)/t17-,18+/m1/s1. The number of hydrogen-bond acceptors (Lipinski definition) is 4. The first kappa shape index (κ1) is 19.0. The van der Waals surface area contributed by atoms with Crippen LogP contribution in [-0.2, 0) is 22.6 Å². The molecule has 8 heteroatoms. The minimum Gasteiger partial charge on any atom is -0.382 e. The average molecular weight is 398 g/mol. The SMILES string of the molecule is NC[C@]1(O)CC[C@@](F)(C(=O)NCc2ccc(Cl)cc2Cl)c2cccnc21. The highest BCUT2D eigenvalue weighted by Gasteiger charge is 2.51. The molecule has 1 amide bonds. The smallest absolute Gasteiger partial charge is 0.262 e. The van der Waals surface area contributed by atoms with E-state index in [9.17, 15) is 9.90 Å². The zero-order chi connectivity index (χ0) is 18.9. The number of alkyl halides is 1. The van der Waals surface area contributed by atoms with Crippen molar-refractivity contribution in [2.24, 2.45) is 5.73 Å². The Morgan fingerprint density at radius 2 is 2.12 bits per heavy atom. The van der Waals surface area contributed by atoms with Gasteiger partial charge in [-0.15, -0.1) is 0 Å². The molecule has 1 aromatic carbocycles. The summed E-state index contributed by atoms with van der Waals surface area (Å²) in [6.07, 6.45) is 1.25. The van der Waals surface area contributed by atoms with E-state index in [1.807, 2.05) is 0 Å². The van der Waals surface area contributed by atoms with Crippen molar-refractivity contribution in [2.45, 2.75) is 30.7 Å². The molecule has 2 aromatic rings. The van der Waals surface area contributed by atoms with E-state index in [0.29, 0.717) is 15.6 Å². The summed E-state index contributed by atoms with van der Waals surface area (Å²) in [6.45, 7) is -0.0493. The lowest BCUT2D eigenvalue weighted by atomic mass is 9.74. The van der Waals surface area contributed by atoms with E-state index >= 15 is 4.39 Å². The van der Waals surface area contributed by atoms with Gasteiger partial charge in [0.05, 0.1) is 5.69 Å². The van der Waals surface area contributed by atoms with Gasteiger partial charge in [0, 0.05) is 34.9 Å². The number of nitrogens with zero attached hydrogens (tertiary/aromatic N) is 1. The maximum absolute atomic E-state index is 15.6. The van der Waals surface area contributed by atoms with Crippen molar-refractivity contribution in [1.29, 1.82) is 0 Å². The van der Waals surface area contributed by atoms with Gasteiger partial charge in [-0.25, -0.2) is 4.39 Å². The highest BCUT2D eigenvalue weighted by Crippen LogP contribution is 2.44. The van der Waals surface area contributed by atoms with Crippen LogP contribution < -0.4 is 11.1 Å². The number of aromatic nitrogens is 1. The second-order valence-corrected chi connectivity index (χ2v) is 7.20. The van der Waals surface area contributed by atoms with Crippen LogP contribution in [0.3, 0.4) is 0 Å². The minimum atomic E-state index is -2.30. The number of aliphatic hydroxyl groups is 1. The average Bonchev–Trinajstić information content (AvgIpc) is 2.64. The molecule has 1 aliphatic rings. The first-order valence-electron chi connectivity index (χ1n) is 8.10. The summed E-state index contributed by atoms with van der Waals surface area (Å²) in [4.78, 5) is 16.7. The molecule has 4 N–H and O–H groups in total. The van der Waals surface area contributed by atoms with Crippen LogP contribution in [0, 0.1) is 0 Å². The number of nitrogens with two attached hydrogens (primary N) is 1. The lowest BCUT2D eigenvalue weighted by molar-refractivity contribution is -0.137. The number of pyridine rings is 1. The largest absolute Gasteiger partial charge is 0.382 e. The van der Waals surface area contributed by atoms with Gasteiger partial charge in [-0.2, -0.15) is 0 Å². The molecule has 0 bridgehead atoms. The van der Waals surface area contributed by atoms with Crippen LogP contribution in [0.25, 0.3) is 0 Å². The Kier molecular flexibility index (Phi) is 5.21. The molecule has 0 aliphatic heterocycles. The second kappa shape index (κ2) is 7.12. The molecule has 138 valence electrons. The molecule has 3 rings (SSSR count). The molecular formula is C18H18Cl2FN3O2. The fraction of sp³-hybridized carbons (Fsp3) is 0.333. The second-order valence-electron chi connectivity index (χ2n) is 6.35. The van der Waals surface area contributed by atoms with Gasteiger partial charge in [0.2, 0.25) is 5.67 Å². The third kappa shape index (κ3) is 3.30. The van der Waals surface area contributed by atoms with Crippen LogP contribution in [0.5, 0.6) is 0 Å². The molecule has 1 aromatic heterocycles. The van der Waals surface area contributed by atoms with E-state index < -0.39 is 17.2 Å². The zero-order valence-corrected chi connectivity index (χ0v) is 15.3. The van der Waals surface area contributed by atoms with Gasteiger partial charge in [-0.3, -0.25) is 9.78 Å². The maximum atomic E-state index is 15.6. The summed E-state index contributed by atoms with van der Waals surface area (Å²) < 4.78 is 15.6. The summed E-state index contributed by atoms with van der Waals surface area (Å²) in [7, 11) is 0. The molecule has 26 heavy (non-hydrogen) atoms. The van der Waals surface area contributed by atoms with Crippen molar-refractivity contribution in [3.05, 3.63) is 63.4 Å². The fourth-order valence-corrected chi connectivity index (χ4v) is 3.62. The van der Waals surface area contributed by atoms with Gasteiger partial charge < -0.3 is 16.2 Å². The Labute approximate surface area is 160 Å². The lowest BCUT2D eigenvalue weighted by Gasteiger charge is -2.39. The van der Waals surface area contributed by atoms with E-state index in [1.165, 1.54) is 18.3 Å². The quantitative estimate of drug-likeness (QED) is 0.739. The molecule has 5 nitrogen and oxygen atoms in total. The van der Waals surface area contributed by atoms with E-state index in [1.54, 1.807) is 18.2 Å². The number of rotatable bonds is 4. The van der Waals surface area contributed by atoms with Crippen LogP contribution in [0.2, 0.25) is 10.0 Å². The molecule has 0 saturated heterocycles. The van der Waals surface area contributed by atoms with Crippen LogP contribution in [0.15, 0.2) is 36.5 Å². The van der Waals surface area contributed by atoms with Crippen molar-refractivity contribution in [3.63, 3.8) is 0 Å². The van der Waals surface area contributed by atoms with Crippen molar-refractivity contribution < 1.29 is 14.3 Å². The van der Waals surface area contributed by atoms with Crippen LogP contribution in [0.1, 0.15) is 29.7 Å². The van der Waals surface area contributed by atoms with Crippen LogP contribution in [0.4, 0.5) is 4.39 Å². The first-order valence-corrected chi connectivity index (χ1v) is 8.85. The number of hydrogen-bond donors (Lipinski definition) is 3. The number of carbonyl (C=O) groups excluding carboxylic acids is 1. The number of halogens is 3. The highest BCUT2D eigenvalue weighted by molar-refractivity contribution is 6.35. The summed E-state index contributed by atoms with van der Waals surface area (Å²) in [5, 5.41) is 14.0. The summed E-state index contributed by atoms with van der Waals surface area (Å²) in [6, 6.07) is 7.84. The summed E-state index contributed by atoms with van der Waals surface area (Å²) in [5.74, 6) is -0.808. The van der Waals surface area contributed by atoms with E-state index in [-0.39, 0.29) is 37.2 Å². The van der Waals surface area contributed by atoms with Crippen molar-refractivity contribution in [3.8, 4) is 0 Å². The van der Waals surface area contributed by atoms with E-state index in [4.69, 9.17) is 28.9 Å². The Morgan fingerprint density at radius 1 is 1.35 bits per heavy atom. The normalized spacial score (nSPS) is 24.8. The van der Waals surface area contributed by atoms with E-state index in [2.05, 4.69) is 10.3 Å². The number of nitrogens with one attached hydrogen (secondary N) is 1. The van der Waals surface area contributed by atoms with Gasteiger partial charge in [0.1, 0.15) is 5.60 Å². The molecule has 0 saturated carbocycles. The molecule has 0 radical (unpaired) electrons. The van der Waals surface area contributed by atoms with Gasteiger partial charge >= 0.3 is 0 Å². The van der Waals surface area contributed by atoms with Crippen molar-refractivity contribution in [1.82, 2.24) is 10.3 Å². The van der Waals surface area contributed by atoms with Gasteiger partial charge in [0.25, 0.3) is 5.91 Å². The summed E-state index contributed by atoms with van der Waals surface area (Å²) in [5.41, 5.74) is 2.67. The zero-order valence-electron chi connectivity index (χ0n) is 13.8. The fourth-order valence-electron chi connectivity index (χ4n) is 3.14. The Bertz CT molecular complexity index is 851. The molecule has 1 aliphatic carbocycles. The molecule has 0 spiro atoms. The Morgan fingerprint density at radius 3 is 2.81 bits per heavy atom. The predicted octanol–water partition coefficient (Wildman–Crippen LogP) is 2.81. The third-order valence-corrected chi connectivity index (χ3v) is 5.30. The van der Waals surface area contributed by atoms with Gasteiger partial charge in [-0.1, -0.05) is 35.3 Å². The van der Waals surface area contributed by atoms with Gasteiger partial charge in [-0.05, 0) is 36.6 Å². The molecule has 0 fully saturated rings. The van der Waals surface area contributed by atoms with Crippen LogP contribution >= 0.6 is 23.2 Å². The Hall–Kier alpha value is -1.73. The number of fused-ring (bicyclic) bond motifs is 1. The number of amides is 1. The van der Waals surface area contributed by atoms with Gasteiger partial charge in [0.15, 0.2) is 0 Å². The van der Waals surface area contributed by atoms with Crippen molar-refractivity contribution >= 4 is 29.1 Å². The number of carbonyl (C=O) groups is 1. The monoisotopic (exact) mass is 397 g/mol. The third-order valence-electron chi connectivity index (χ3n) is 4.71. The van der Waals surface area contributed by atoms with Crippen molar-refractivity contribution in [2.75, 3.05) is 6.54 Å². The first-order chi connectivity index (χ1) is 12.3. The summed E-state index contributed by atoms with van der Waals surface area (Å²) >= 11 is 11.9. The minimum absolute atomic E-state index is 0.000859. The lowest BCUT2D eigenvalue weighted by Crippen LogP contribution is -2.50. The van der Waals surface area contributed by atoms with E-state index in [0.717, 1.165) is 0 Å². The maximum Gasteiger partial charge on any atom is 0.262 e. The van der Waals surface area contributed by atoms with Crippen LogP contribution in [-0.4, -0.2) is 22.5 Å². The molecule has 2 atom stereocenters. The predicted molar refractivity (Wildman–Crippen MR) is 97.5 cm³/mol. The topological polar surface area (TPSA) is 88.2 Å². The highest BCUT2D eigenvalue weighted by atomic mass is 35.5. The Balaban J connectivity index is 1.85. The molecular weight excluding hydrogens is 380 g/mol. The molecule has 0 unspecified atom stereocenters. The molecule has 1 heterocycles. The number of benzene rings is 1.